The zero-order valence-corrected chi connectivity index (χ0v) is 13.4. The van der Waals surface area contributed by atoms with Gasteiger partial charge in [0.1, 0.15) is 0 Å². The maximum atomic E-state index is 11.7. The number of benzene rings is 1. The van der Waals surface area contributed by atoms with Gasteiger partial charge in [-0.1, -0.05) is 25.1 Å². The van der Waals surface area contributed by atoms with E-state index in [0.29, 0.717) is 11.6 Å². The van der Waals surface area contributed by atoms with Gasteiger partial charge in [-0.05, 0) is 43.4 Å². The average molecular weight is 304 g/mol. The molecule has 1 rings (SSSR count). The van der Waals surface area contributed by atoms with Gasteiger partial charge in [0, 0.05) is 12.1 Å². The van der Waals surface area contributed by atoms with E-state index in [1.54, 1.807) is 0 Å². The first-order valence-corrected chi connectivity index (χ1v) is 8.01. The highest BCUT2D eigenvalue weighted by Gasteiger charge is 2.05. The van der Waals surface area contributed by atoms with Crippen LogP contribution in [0.1, 0.15) is 31.7 Å². The summed E-state index contributed by atoms with van der Waals surface area (Å²) in [6.45, 7) is 3.98. The number of nitriles is 1. The number of rotatable bonds is 5. The van der Waals surface area contributed by atoms with Crippen molar-refractivity contribution >= 4 is 34.2 Å². The van der Waals surface area contributed by atoms with Crippen molar-refractivity contribution in [3.63, 3.8) is 0 Å². The van der Waals surface area contributed by atoms with Crippen molar-refractivity contribution in [2.75, 3.05) is 11.6 Å². The van der Waals surface area contributed by atoms with Crippen molar-refractivity contribution in [2.45, 2.75) is 33.1 Å². The molecule has 0 aromatic heterocycles. The number of aliphatic imine (C=N–C) groups is 1. The zero-order valence-electron chi connectivity index (χ0n) is 12.6. The SMILES string of the molecule is CCCCC(=O)Nc1ccc(N=C(NC#N)SC)cc1C. The summed E-state index contributed by atoms with van der Waals surface area (Å²) in [6, 6.07) is 5.53. The molecule has 0 saturated heterocycles. The number of carbonyl (C=O) groups excluding carboxylic acids is 1. The highest BCUT2D eigenvalue weighted by atomic mass is 32.2. The summed E-state index contributed by atoms with van der Waals surface area (Å²) in [6.07, 6.45) is 6.13. The van der Waals surface area contributed by atoms with Crippen molar-refractivity contribution in [3.05, 3.63) is 23.8 Å². The lowest BCUT2D eigenvalue weighted by molar-refractivity contribution is -0.116. The Morgan fingerprint density at radius 3 is 2.81 bits per heavy atom. The number of nitrogens with zero attached hydrogens (tertiary/aromatic N) is 2. The van der Waals surface area contributed by atoms with Crippen LogP contribution in [0.2, 0.25) is 0 Å². The third-order valence-electron chi connectivity index (χ3n) is 2.83. The molecular formula is C15H20N4OS. The molecule has 1 amide bonds. The molecule has 21 heavy (non-hydrogen) atoms. The Labute approximate surface area is 129 Å². The second-order valence-electron chi connectivity index (χ2n) is 4.51. The minimum absolute atomic E-state index is 0.0344. The van der Waals surface area contributed by atoms with Gasteiger partial charge in [0.15, 0.2) is 11.4 Å². The van der Waals surface area contributed by atoms with Gasteiger partial charge in [-0.25, -0.2) is 4.99 Å². The predicted molar refractivity (Wildman–Crippen MR) is 88.7 cm³/mol. The lowest BCUT2D eigenvalue weighted by Gasteiger charge is -2.09. The Morgan fingerprint density at radius 2 is 2.24 bits per heavy atom. The van der Waals surface area contributed by atoms with Gasteiger partial charge in [-0.2, -0.15) is 5.26 Å². The molecule has 2 N–H and O–H groups in total. The highest BCUT2D eigenvalue weighted by molar-refractivity contribution is 8.13. The molecule has 0 aliphatic heterocycles. The molecule has 0 unspecified atom stereocenters. The van der Waals surface area contributed by atoms with Crippen LogP contribution in [0.25, 0.3) is 0 Å². The molecule has 0 fully saturated rings. The van der Waals surface area contributed by atoms with E-state index in [2.05, 4.69) is 22.5 Å². The lowest BCUT2D eigenvalue weighted by Crippen LogP contribution is -2.13. The van der Waals surface area contributed by atoms with E-state index >= 15 is 0 Å². The van der Waals surface area contributed by atoms with Crippen LogP contribution in [0.15, 0.2) is 23.2 Å². The summed E-state index contributed by atoms with van der Waals surface area (Å²) in [5, 5.41) is 14.6. The standard InChI is InChI=1S/C15H20N4OS/c1-4-5-6-14(20)19-13-8-7-12(9-11(13)2)18-15(21-3)17-10-16/h7-9H,4-6H2,1-3H3,(H,17,18)(H,19,20). The highest BCUT2D eigenvalue weighted by Crippen LogP contribution is 2.23. The Hall–Kier alpha value is -2.00. The van der Waals surface area contributed by atoms with E-state index in [1.165, 1.54) is 11.8 Å². The number of hydrogen-bond acceptors (Lipinski definition) is 4. The van der Waals surface area contributed by atoms with Crippen molar-refractivity contribution in [1.29, 1.82) is 5.26 Å². The van der Waals surface area contributed by atoms with Gasteiger partial charge >= 0.3 is 0 Å². The molecule has 0 heterocycles. The van der Waals surface area contributed by atoms with E-state index in [1.807, 2.05) is 37.6 Å². The fourth-order valence-electron chi connectivity index (χ4n) is 1.70. The van der Waals surface area contributed by atoms with Gasteiger partial charge in [0.05, 0.1) is 5.69 Å². The Balaban J connectivity index is 2.81. The number of thioether (sulfide) groups is 1. The molecule has 0 atom stereocenters. The Kier molecular flexibility index (Phi) is 7.33. The summed E-state index contributed by atoms with van der Waals surface area (Å²) in [7, 11) is 0. The summed E-state index contributed by atoms with van der Waals surface area (Å²) < 4.78 is 0. The topological polar surface area (TPSA) is 77.3 Å². The molecular weight excluding hydrogens is 284 g/mol. The number of carbonyl (C=O) groups is 1. The fourth-order valence-corrected chi connectivity index (χ4v) is 2.04. The number of unbranched alkanes of at least 4 members (excludes halogenated alkanes) is 1. The van der Waals surface area contributed by atoms with Crippen LogP contribution >= 0.6 is 11.8 Å². The van der Waals surface area contributed by atoms with Crippen LogP contribution in [-0.4, -0.2) is 17.3 Å². The molecule has 0 bridgehead atoms. The van der Waals surface area contributed by atoms with Gasteiger partial charge < -0.3 is 5.32 Å². The molecule has 0 aliphatic carbocycles. The molecule has 0 aliphatic rings. The smallest absolute Gasteiger partial charge is 0.224 e. The first kappa shape index (κ1) is 17.1. The minimum atomic E-state index is 0.0344. The number of hydrogen-bond donors (Lipinski definition) is 2. The van der Waals surface area contributed by atoms with Gasteiger partial charge in [-0.15, -0.1) is 0 Å². The van der Waals surface area contributed by atoms with E-state index in [4.69, 9.17) is 5.26 Å². The van der Waals surface area contributed by atoms with E-state index in [9.17, 15) is 4.79 Å². The zero-order chi connectivity index (χ0) is 15.7. The third-order valence-corrected chi connectivity index (χ3v) is 3.41. The molecule has 1 aromatic carbocycles. The van der Waals surface area contributed by atoms with Crippen LogP contribution < -0.4 is 10.6 Å². The monoisotopic (exact) mass is 304 g/mol. The first-order chi connectivity index (χ1) is 10.1. The summed E-state index contributed by atoms with van der Waals surface area (Å²) >= 11 is 1.37. The van der Waals surface area contributed by atoms with Crippen LogP contribution in [0.3, 0.4) is 0 Å². The quantitative estimate of drug-likeness (QED) is 0.377. The van der Waals surface area contributed by atoms with Crippen molar-refractivity contribution in [3.8, 4) is 6.19 Å². The molecule has 0 spiro atoms. The Morgan fingerprint density at radius 1 is 1.48 bits per heavy atom. The minimum Gasteiger partial charge on any atom is -0.326 e. The van der Waals surface area contributed by atoms with Crippen molar-refractivity contribution < 1.29 is 4.79 Å². The predicted octanol–water partition coefficient (Wildman–Crippen LogP) is 3.54. The molecule has 5 nitrogen and oxygen atoms in total. The van der Waals surface area contributed by atoms with E-state index in [-0.39, 0.29) is 5.91 Å². The largest absolute Gasteiger partial charge is 0.326 e. The maximum Gasteiger partial charge on any atom is 0.224 e. The van der Waals surface area contributed by atoms with E-state index in [0.717, 1.165) is 29.8 Å². The van der Waals surface area contributed by atoms with Gasteiger partial charge in [-0.3, -0.25) is 10.1 Å². The third kappa shape index (κ3) is 5.88. The normalized spacial score (nSPS) is 10.9. The second kappa shape index (κ2) is 9.03. The van der Waals surface area contributed by atoms with Crippen LogP contribution in [-0.2, 0) is 4.79 Å². The summed E-state index contributed by atoms with van der Waals surface area (Å²) in [5.41, 5.74) is 2.48. The number of amides is 1. The summed E-state index contributed by atoms with van der Waals surface area (Å²) in [5.74, 6) is 0.0344. The van der Waals surface area contributed by atoms with Crippen LogP contribution in [0.5, 0.6) is 0 Å². The molecule has 112 valence electrons. The number of amidine groups is 1. The van der Waals surface area contributed by atoms with Gasteiger partial charge in [0.2, 0.25) is 5.91 Å². The van der Waals surface area contributed by atoms with Gasteiger partial charge in [0.25, 0.3) is 0 Å². The van der Waals surface area contributed by atoms with E-state index < -0.39 is 0 Å². The number of nitrogens with one attached hydrogen (secondary N) is 2. The molecule has 1 aromatic rings. The fraction of sp³-hybridized carbons (Fsp3) is 0.400. The lowest BCUT2D eigenvalue weighted by atomic mass is 10.1. The van der Waals surface area contributed by atoms with Crippen molar-refractivity contribution in [1.82, 2.24) is 5.32 Å². The number of anilines is 1. The molecule has 6 heteroatoms. The molecule has 0 saturated carbocycles. The average Bonchev–Trinajstić information content (AvgIpc) is 2.47. The maximum absolute atomic E-state index is 11.7. The Bertz CT molecular complexity index is 563. The second-order valence-corrected chi connectivity index (χ2v) is 5.30. The molecule has 0 radical (unpaired) electrons. The summed E-state index contributed by atoms with van der Waals surface area (Å²) in [4.78, 5) is 16.1. The first-order valence-electron chi connectivity index (χ1n) is 6.79. The van der Waals surface area contributed by atoms with Crippen LogP contribution in [0.4, 0.5) is 11.4 Å². The number of aryl methyl sites for hydroxylation is 1. The van der Waals surface area contributed by atoms with Crippen LogP contribution in [0, 0.1) is 18.4 Å². The van der Waals surface area contributed by atoms with Crippen molar-refractivity contribution in [2.24, 2.45) is 4.99 Å².